The van der Waals surface area contributed by atoms with Gasteiger partial charge in [0.2, 0.25) is 0 Å². The van der Waals surface area contributed by atoms with E-state index in [1.165, 1.54) is 11.8 Å². The summed E-state index contributed by atoms with van der Waals surface area (Å²) in [4.78, 5) is 12.8. The average Bonchev–Trinajstić information content (AvgIpc) is 3.18. The maximum Gasteiger partial charge on any atom is 0.316 e. The van der Waals surface area contributed by atoms with Gasteiger partial charge in [0.1, 0.15) is 11.5 Å². The van der Waals surface area contributed by atoms with Crippen molar-refractivity contribution in [3.8, 4) is 11.5 Å². The second kappa shape index (κ2) is 7.35. The first-order valence-corrected chi connectivity index (χ1v) is 8.33. The number of hydrogen-bond acceptors (Lipinski definition) is 7. The summed E-state index contributed by atoms with van der Waals surface area (Å²) in [5.74, 6) is 1.98. The van der Waals surface area contributed by atoms with Crippen LogP contribution in [-0.2, 0) is 16.1 Å². The van der Waals surface area contributed by atoms with Gasteiger partial charge < -0.3 is 13.6 Å². The molecule has 2 aromatic heterocycles. The molecular formula is C17H16N2O4S. The molecule has 0 fully saturated rings. The van der Waals surface area contributed by atoms with Crippen molar-refractivity contribution in [1.29, 1.82) is 0 Å². The number of benzene rings is 1. The van der Waals surface area contributed by atoms with E-state index < -0.39 is 0 Å². The molecule has 0 saturated heterocycles. The highest BCUT2D eigenvalue weighted by Gasteiger charge is 2.15. The second-order valence-corrected chi connectivity index (χ2v) is 6.14. The van der Waals surface area contributed by atoms with E-state index in [1.807, 2.05) is 50.2 Å². The minimum Gasteiger partial charge on any atom is -0.466 e. The van der Waals surface area contributed by atoms with E-state index in [4.69, 9.17) is 13.6 Å². The van der Waals surface area contributed by atoms with Gasteiger partial charge in [-0.2, -0.15) is 0 Å². The van der Waals surface area contributed by atoms with Crippen molar-refractivity contribution in [2.24, 2.45) is 0 Å². The van der Waals surface area contributed by atoms with Gasteiger partial charge in [0, 0.05) is 4.90 Å². The molecule has 0 N–H and O–H groups in total. The monoisotopic (exact) mass is 344 g/mol. The third kappa shape index (κ3) is 4.05. The lowest BCUT2D eigenvalue weighted by molar-refractivity contribution is -0.142. The molecule has 1 aromatic carbocycles. The average molecular weight is 344 g/mol. The van der Waals surface area contributed by atoms with Crippen molar-refractivity contribution >= 4 is 17.7 Å². The van der Waals surface area contributed by atoms with E-state index in [9.17, 15) is 4.79 Å². The molecular weight excluding hydrogens is 328 g/mol. The number of thioether (sulfide) groups is 1. The number of nitrogens with zero attached hydrogens (tertiary/aromatic N) is 2. The lowest BCUT2D eigenvalue weighted by atomic mass is 10.2. The van der Waals surface area contributed by atoms with E-state index in [1.54, 1.807) is 0 Å². The third-order valence-electron chi connectivity index (χ3n) is 3.19. The minimum atomic E-state index is -0.334. The van der Waals surface area contributed by atoms with Crippen LogP contribution in [0.4, 0.5) is 0 Å². The Kier molecular flexibility index (Phi) is 5.00. The second-order valence-electron chi connectivity index (χ2n) is 5.09. The molecule has 2 heterocycles. The van der Waals surface area contributed by atoms with Gasteiger partial charge in [-0.1, -0.05) is 18.2 Å². The number of hydrogen-bond donors (Lipinski definition) is 0. The zero-order chi connectivity index (χ0) is 16.9. The number of carbonyl (C=O) groups is 1. The lowest BCUT2D eigenvalue weighted by Gasteiger charge is -2.02. The maximum absolute atomic E-state index is 11.8. The van der Waals surface area contributed by atoms with Crippen LogP contribution in [0.15, 0.2) is 50.1 Å². The molecule has 0 bridgehead atoms. The van der Waals surface area contributed by atoms with Crippen LogP contribution in [0.3, 0.4) is 0 Å². The number of esters is 1. The number of carbonyl (C=O) groups excluding carboxylic acids is 1. The standard InChI is InChI=1S/C17H16N2O4S/c1-11-8-14(12(2)22-11)17-19-18-15(23-17)9-21-16(20)10-24-13-6-4-3-5-7-13/h3-8H,9-10H2,1-2H3. The van der Waals surface area contributed by atoms with Crippen LogP contribution < -0.4 is 0 Å². The number of ether oxygens (including phenoxy) is 1. The van der Waals surface area contributed by atoms with Crippen molar-refractivity contribution in [2.45, 2.75) is 25.3 Å². The van der Waals surface area contributed by atoms with Crippen LogP contribution in [0.25, 0.3) is 11.5 Å². The van der Waals surface area contributed by atoms with E-state index >= 15 is 0 Å². The Morgan fingerprint density at radius 1 is 1.17 bits per heavy atom. The number of rotatable bonds is 6. The molecule has 0 radical (unpaired) electrons. The van der Waals surface area contributed by atoms with Gasteiger partial charge >= 0.3 is 5.97 Å². The Balaban J connectivity index is 1.52. The van der Waals surface area contributed by atoms with Gasteiger partial charge in [-0.05, 0) is 32.0 Å². The molecule has 3 aromatic rings. The van der Waals surface area contributed by atoms with E-state index in [2.05, 4.69) is 10.2 Å². The fourth-order valence-electron chi connectivity index (χ4n) is 2.11. The van der Waals surface area contributed by atoms with Crippen LogP contribution >= 0.6 is 11.8 Å². The molecule has 24 heavy (non-hydrogen) atoms. The van der Waals surface area contributed by atoms with Crippen molar-refractivity contribution in [3.05, 3.63) is 53.8 Å². The Labute approximate surface area is 143 Å². The third-order valence-corrected chi connectivity index (χ3v) is 4.18. The molecule has 0 atom stereocenters. The highest BCUT2D eigenvalue weighted by Crippen LogP contribution is 2.25. The molecule has 124 valence electrons. The zero-order valence-corrected chi connectivity index (χ0v) is 14.1. The van der Waals surface area contributed by atoms with Gasteiger partial charge in [-0.15, -0.1) is 22.0 Å². The largest absolute Gasteiger partial charge is 0.466 e. The summed E-state index contributed by atoms with van der Waals surface area (Å²) in [5.41, 5.74) is 0.747. The number of aromatic nitrogens is 2. The Bertz CT molecular complexity index is 826. The van der Waals surface area contributed by atoms with Crippen molar-refractivity contribution in [1.82, 2.24) is 10.2 Å². The van der Waals surface area contributed by atoms with Crippen LogP contribution in [0.2, 0.25) is 0 Å². The molecule has 0 aliphatic carbocycles. The molecule has 0 unspecified atom stereocenters. The zero-order valence-electron chi connectivity index (χ0n) is 13.3. The number of furan rings is 1. The first-order chi connectivity index (χ1) is 11.6. The van der Waals surface area contributed by atoms with Crippen LogP contribution in [-0.4, -0.2) is 21.9 Å². The van der Waals surface area contributed by atoms with Gasteiger partial charge in [-0.3, -0.25) is 4.79 Å². The predicted octanol–water partition coefficient (Wildman–Crippen LogP) is 3.78. The van der Waals surface area contributed by atoms with E-state index in [0.717, 1.165) is 16.2 Å². The molecule has 0 aliphatic heterocycles. The van der Waals surface area contributed by atoms with Crippen LogP contribution in [0.5, 0.6) is 0 Å². The predicted molar refractivity (Wildman–Crippen MR) is 88.4 cm³/mol. The minimum absolute atomic E-state index is 0.0446. The normalized spacial score (nSPS) is 10.8. The summed E-state index contributed by atoms with van der Waals surface area (Å²) in [5, 5.41) is 7.85. The summed E-state index contributed by atoms with van der Waals surface area (Å²) in [6.45, 7) is 3.63. The summed E-state index contributed by atoms with van der Waals surface area (Å²) < 4.78 is 16.1. The van der Waals surface area contributed by atoms with Crippen molar-refractivity contribution in [3.63, 3.8) is 0 Å². The van der Waals surface area contributed by atoms with Gasteiger partial charge in [-0.25, -0.2) is 0 Å². The molecule has 6 nitrogen and oxygen atoms in total. The van der Waals surface area contributed by atoms with Gasteiger partial charge in [0.25, 0.3) is 11.8 Å². The fourth-order valence-corrected chi connectivity index (χ4v) is 2.82. The van der Waals surface area contributed by atoms with Gasteiger partial charge in [0.15, 0.2) is 6.61 Å². The highest BCUT2D eigenvalue weighted by molar-refractivity contribution is 8.00. The molecule has 0 spiro atoms. The molecule has 0 aliphatic rings. The molecule has 3 rings (SSSR count). The number of aryl methyl sites for hydroxylation is 2. The molecule has 0 amide bonds. The van der Waals surface area contributed by atoms with Gasteiger partial charge in [0.05, 0.1) is 11.3 Å². The highest BCUT2D eigenvalue weighted by atomic mass is 32.2. The summed E-state index contributed by atoms with van der Waals surface area (Å²) in [7, 11) is 0. The quantitative estimate of drug-likeness (QED) is 0.497. The topological polar surface area (TPSA) is 78.4 Å². The van der Waals surface area contributed by atoms with E-state index in [0.29, 0.717) is 11.7 Å². The Morgan fingerprint density at radius 3 is 2.67 bits per heavy atom. The van der Waals surface area contributed by atoms with E-state index in [-0.39, 0.29) is 24.2 Å². The van der Waals surface area contributed by atoms with Crippen molar-refractivity contribution in [2.75, 3.05) is 5.75 Å². The summed E-state index contributed by atoms with van der Waals surface area (Å²) in [6, 6.07) is 11.5. The first-order valence-electron chi connectivity index (χ1n) is 7.35. The Morgan fingerprint density at radius 2 is 1.96 bits per heavy atom. The van der Waals surface area contributed by atoms with Crippen LogP contribution in [0.1, 0.15) is 17.4 Å². The SMILES string of the molecule is Cc1cc(-c2nnc(COC(=O)CSc3ccccc3)o2)c(C)o1. The molecule has 7 heteroatoms. The molecule has 0 saturated carbocycles. The van der Waals surface area contributed by atoms with Crippen molar-refractivity contribution < 1.29 is 18.4 Å². The maximum atomic E-state index is 11.8. The Hall–Kier alpha value is -2.54. The van der Waals surface area contributed by atoms with Crippen LogP contribution in [0, 0.1) is 13.8 Å². The fraction of sp³-hybridized carbons (Fsp3) is 0.235. The summed E-state index contributed by atoms with van der Waals surface area (Å²) >= 11 is 1.42. The smallest absolute Gasteiger partial charge is 0.316 e. The lowest BCUT2D eigenvalue weighted by Crippen LogP contribution is -2.07. The first kappa shape index (κ1) is 16.3. The summed E-state index contributed by atoms with van der Waals surface area (Å²) in [6.07, 6.45) is 0.